The smallest absolute Gasteiger partial charge is 0.0342 e. The lowest BCUT2D eigenvalue weighted by Gasteiger charge is -2.25. The maximum absolute atomic E-state index is 5.82. The van der Waals surface area contributed by atoms with Gasteiger partial charge >= 0.3 is 0 Å². The van der Waals surface area contributed by atoms with E-state index in [4.69, 9.17) is 5.73 Å². The zero-order valence-corrected chi connectivity index (χ0v) is 11.9. The summed E-state index contributed by atoms with van der Waals surface area (Å²) in [6.07, 6.45) is 2.16. The summed E-state index contributed by atoms with van der Waals surface area (Å²) in [5, 5.41) is 0. The standard InChI is InChI=1S/C13H21BrN2/c1-10(15)4-9-13(16(2)3)11-5-7-12(14)8-6-11/h5-8,10,13H,4,9,15H2,1-3H3. The highest BCUT2D eigenvalue weighted by molar-refractivity contribution is 9.10. The van der Waals surface area contributed by atoms with Crippen molar-refractivity contribution in [2.75, 3.05) is 14.1 Å². The molecular weight excluding hydrogens is 264 g/mol. The SMILES string of the molecule is CC(N)CCC(c1ccc(Br)cc1)N(C)C. The van der Waals surface area contributed by atoms with Gasteiger partial charge in [-0.3, -0.25) is 0 Å². The molecule has 90 valence electrons. The van der Waals surface area contributed by atoms with Crippen molar-refractivity contribution >= 4 is 15.9 Å². The summed E-state index contributed by atoms with van der Waals surface area (Å²) in [6.45, 7) is 2.06. The van der Waals surface area contributed by atoms with Crippen molar-refractivity contribution in [3.8, 4) is 0 Å². The first-order valence-electron chi connectivity index (χ1n) is 5.68. The second-order valence-electron chi connectivity index (χ2n) is 4.59. The second kappa shape index (κ2) is 6.38. The lowest BCUT2D eigenvalue weighted by molar-refractivity contribution is 0.275. The summed E-state index contributed by atoms with van der Waals surface area (Å²) >= 11 is 3.46. The molecule has 1 aromatic rings. The molecule has 0 fully saturated rings. The monoisotopic (exact) mass is 284 g/mol. The zero-order chi connectivity index (χ0) is 12.1. The first-order valence-corrected chi connectivity index (χ1v) is 6.47. The van der Waals surface area contributed by atoms with Crippen LogP contribution in [0.4, 0.5) is 0 Å². The number of halogens is 1. The Hall–Kier alpha value is -0.380. The molecule has 0 saturated heterocycles. The van der Waals surface area contributed by atoms with E-state index in [2.05, 4.69) is 66.1 Å². The number of nitrogens with zero attached hydrogens (tertiary/aromatic N) is 1. The van der Waals surface area contributed by atoms with E-state index < -0.39 is 0 Å². The highest BCUT2D eigenvalue weighted by Crippen LogP contribution is 2.25. The molecular formula is C13H21BrN2. The van der Waals surface area contributed by atoms with Gasteiger partial charge in [-0.1, -0.05) is 28.1 Å². The maximum Gasteiger partial charge on any atom is 0.0342 e. The van der Waals surface area contributed by atoms with Crippen LogP contribution in [0.15, 0.2) is 28.7 Å². The summed E-state index contributed by atoms with van der Waals surface area (Å²) in [5.74, 6) is 0. The molecule has 16 heavy (non-hydrogen) atoms. The molecule has 0 saturated carbocycles. The van der Waals surface area contributed by atoms with Crippen molar-refractivity contribution in [2.45, 2.75) is 31.8 Å². The fraction of sp³-hybridized carbons (Fsp3) is 0.538. The molecule has 0 amide bonds. The largest absolute Gasteiger partial charge is 0.328 e. The Kier molecular flexibility index (Phi) is 5.46. The Morgan fingerprint density at radius 1 is 1.19 bits per heavy atom. The molecule has 2 atom stereocenters. The molecule has 0 aliphatic carbocycles. The summed E-state index contributed by atoms with van der Waals surface area (Å²) in [4.78, 5) is 2.26. The molecule has 1 aromatic carbocycles. The summed E-state index contributed by atoms with van der Waals surface area (Å²) in [5.41, 5.74) is 7.17. The minimum absolute atomic E-state index is 0.276. The molecule has 2 nitrogen and oxygen atoms in total. The molecule has 2 unspecified atom stereocenters. The van der Waals surface area contributed by atoms with E-state index in [1.54, 1.807) is 0 Å². The van der Waals surface area contributed by atoms with E-state index in [9.17, 15) is 0 Å². The average molecular weight is 285 g/mol. The van der Waals surface area contributed by atoms with Crippen LogP contribution in [0.3, 0.4) is 0 Å². The maximum atomic E-state index is 5.82. The van der Waals surface area contributed by atoms with Gasteiger partial charge in [0.25, 0.3) is 0 Å². The fourth-order valence-electron chi connectivity index (χ4n) is 1.83. The number of rotatable bonds is 5. The van der Waals surface area contributed by atoms with Gasteiger partial charge in [0.2, 0.25) is 0 Å². The van der Waals surface area contributed by atoms with Crippen LogP contribution in [0.1, 0.15) is 31.4 Å². The average Bonchev–Trinajstić information content (AvgIpc) is 2.20. The molecule has 0 bridgehead atoms. The van der Waals surface area contributed by atoms with E-state index >= 15 is 0 Å². The summed E-state index contributed by atoms with van der Waals surface area (Å²) < 4.78 is 1.13. The minimum Gasteiger partial charge on any atom is -0.328 e. The molecule has 2 N–H and O–H groups in total. The van der Waals surface area contributed by atoms with Gasteiger partial charge < -0.3 is 10.6 Å². The van der Waals surface area contributed by atoms with Crippen LogP contribution in [-0.2, 0) is 0 Å². The third-order valence-electron chi connectivity index (χ3n) is 2.77. The van der Waals surface area contributed by atoms with Crippen LogP contribution >= 0.6 is 15.9 Å². The van der Waals surface area contributed by atoms with Crippen LogP contribution in [0, 0.1) is 0 Å². The Labute approximate surface area is 107 Å². The highest BCUT2D eigenvalue weighted by atomic mass is 79.9. The zero-order valence-electron chi connectivity index (χ0n) is 10.3. The third-order valence-corrected chi connectivity index (χ3v) is 3.30. The van der Waals surface area contributed by atoms with Gasteiger partial charge in [-0.2, -0.15) is 0 Å². The fourth-order valence-corrected chi connectivity index (χ4v) is 2.09. The van der Waals surface area contributed by atoms with Crippen LogP contribution in [0.25, 0.3) is 0 Å². The number of hydrogen-bond acceptors (Lipinski definition) is 2. The van der Waals surface area contributed by atoms with E-state index in [0.29, 0.717) is 6.04 Å². The van der Waals surface area contributed by atoms with Crippen molar-refractivity contribution in [1.29, 1.82) is 0 Å². The lowest BCUT2D eigenvalue weighted by Crippen LogP contribution is -2.23. The molecule has 3 heteroatoms. The van der Waals surface area contributed by atoms with Gasteiger partial charge in [-0.15, -0.1) is 0 Å². The Morgan fingerprint density at radius 3 is 2.19 bits per heavy atom. The Bertz CT molecular complexity index is 306. The van der Waals surface area contributed by atoms with Crippen LogP contribution < -0.4 is 5.73 Å². The van der Waals surface area contributed by atoms with Crippen molar-refractivity contribution in [3.63, 3.8) is 0 Å². The van der Waals surface area contributed by atoms with Gasteiger partial charge in [0, 0.05) is 16.6 Å². The Balaban J connectivity index is 2.73. The predicted molar refractivity (Wildman–Crippen MR) is 73.5 cm³/mol. The first-order chi connectivity index (χ1) is 7.50. The van der Waals surface area contributed by atoms with Crippen molar-refractivity contribution in [1.82, 2.24) is 4.90 Å². The third kappa shape index (κ3) is 4.24. The van der Waals surface area contributed by atoms with Crippen molar-refractivity contribution < 1.29 is 0 Å². The van der Waals surface area contributed by atoms with Gasteiger partial charge in [0.05, 0.1) is 0 Å². The number of nitrogens with two attached hydrogens (primary N) is 1. The Morgan fingerprint density at radius 2 is 1.75 bits per heavy atom. The normalized spacial score (nSPS) is 15.1. The van der Waals surface area contributed by atoms with E-state index in [0.717, 1.165) is 17.3 Å². The van der Waals surface area contributed by atoms with Gasteiger partial charge in [-0.25, -0.2) is 0 Å². The van der Waals surface area contributed by atoms with Gasteiger partial charge in [0.1, 0.15) is 0 Å². The van der Waals surface area contributed by atoms with Gasteiger partial charge in [-0.05, 0) is 51.6 Å². The molecule has 0 aliphatic rings. The minimum atomic E-state index is 0.276. The molecule has 0 aliphatic heterocycles. The topological polar surface area (TPSA) is 29.3 Å². The molecule has 0 radical (unpaired) electrons. The first kappa shape index (κ1) is 13.7. The van der Waals surface area contributed by atoms with Crippen LogP contribution in [0.5, 0.6) is 0 Å². The quantitative estimate of drug-likeness (QED) is 0.900. The lowest BCUT2D eigenvalue weighted by atomic mass is 9.99. The van der Waals surface area contributed by atoms with Crippen molar-refractivity contribution in [2.24, 2.45) is 5.73 Å². The molecule has 0 aromatic heterocycles. The van der Waals surface area contributed by atoms with Gasteiger partial charge in [0.15, 0.2) is 0 Å². The van der Waals surface area contributed by atoms with Crippen molar-refractivity contribution in [3.05, 3.63) is 34.3 Å². The highest BCUT2D eigenvalue weighted by Gasteiger charge is 2.14. The molecule has 0 heterocycles. The van der Waals surface area contributed by atoms with E-state index in [-0.39, 0.29) is 6.04 Å². The number of hydrogen-bond donors (Lipinski definition) is 1. The summed E-state index contributed by atoms with van der Waals surface area (Å²) in [6, 6.07) is 9.28. The van der Waals surface area contributed by atoms with Crippen LogP contribution in [-0.4, -0.2) is 25.0 Å². The summed E-state index contributed by atoms with van der Waals surface area (Å²) in [7, 11) is 4.24. The predicted octanol–water partition coefficient (Wildman–Crippen LogP) is 3.18. The van der Waals surface area contributed by atoms with E-state index in [1.807, 2.05) is 0 Å². The number of benzene rings is 1. The second-order valence-corrected chi connectivity index (χ2v) is 5.50. The molecule has 0 spiro atoms. The molecule has 1 rings (SSSR count). The van der Waals surface area contributed by atoms with E-state index in [1.165, 1.54) is 5.56 Å². The van der Waals surface area contributed by atoms with Crippen LogP contribution in [0.2, 0.25) is 0 Å².